The van der Waals surface area contributed by atoms with E-state index in [1.807, 2.05) is 6.92 Å². The Balaban J connectivity index is 1.89. The van der Waals surface area contributed by atoms with Crippen molar-refractivity contribution in [2.75, 3.05) is 12.3 Å². The molecule has 134 valence electrons. The number of unbranched alkanes of at least 4 members (excludes halogenated alkanes) is 1. The average Bonchev–Trinajstić information content (AvgIpc) is 2.82. The minimum absolute atomic E-state index is 0.147. The van der Waals surface area contributed by atoms with E-state index in [9.17, 15) is 19.4 Å². The van der Waals surface area contributed by atoms with Crippen LogP contribution in [0.25, 0.3) is 0 Å². The van der Waals surface area contributed by atoms with Gasteiger partial charge in [-0.1, -0.05) is 13.3 Å². The molecule has 1 aromatic heterocycles. The summed E-state index contributed by atoms with van der Waals surface area (Å²) < 4.78 is 27.8. The van der Waals surface area contributed by atoms with Crippen LogP contribution in [0.2, 0.25) is 0 Å². The molecule has 11 heteroatoms. The Labute approximate surface area is 137 Å². The van der Waals surface area contributed by atoms with Crippen LogP contribution in [-0.4, -0.2) is 44.5 Å². The highest BCUT2D eigenvalue weighted by Gasteiger charge is 2.52. The van der Waals surface area contributed by atoms with Gasteiger partial charge in [0, 0.05) is 11.8 Å². The van der Waals surface area contributed by atoms with Crippen LogP contribution in [0.15, 0.2) is 11.0 Å². The Morgan fingerprint density at radius 3 is 3.00 bits per heavy atom. The lowest BCUT2D eigenvalue weighted by molar-refractivity contribution is -0.0685. The highest BCUT2D eigenvalue weighted by molar-refractivity contribution is 7.47. The van der Waals surface area contributed by atoms with E-state index < -0.39 is 38.1 Å². The molecule has 0 bridgehead atoms. The molecule has 2 fully saturated rings. The normalized spacial score (nSPS) is 35.8. The first-order chi connectivity index (χ1) is 11.3. The van der Waals surface area contributed by atoms with E-state index in [-0.39, 0.29) is 12.4 Å². The van der Waals surface area contributed by atoms with Crippen LogP contribution in [0.3, 0.4) is 0 Å². The summed E-state index contributed by atoms with van der Waals surface area (Å²) in [6, 6.07) is 0. The standard InChI is InChI=1S/C13H20N3O7P/c1-2-3-4-7-5-16(13(18)15-11(7)14)12-9(17)10-8(22-12)6-21-24(19,20)23-10/h5,8-10,12,17H,2-4,6H2,1H3,(H,19,20)(H2,14,15,18)/t8-,9-,10-,12-/m1/s1. The summed E-state index contributed by atoms with van der Waals surface area (Å²) in [5, 5.41) is 10.4. The molecule has 0 amide bonds. The van der Waals surface area contributed by atoms with Crippen molar-refractivity contribution in [3.05, 3.63) is 22.2 Å². The second-order valence-corrected chi connectivity index (χ2v) is 7.24. The van der Waals surface area contributed by atoms with Gasteiger partial charge in [0.15, 0.2) is 6.23 Å². The Morgan fingerprint density at radius 1 is 1.54 bits per heavy atom. The van der Waals surface area contributed by atoms with Crippen LogP contribution in [0, 0.1) is 0 Å². The molecule has 3 heterocycles. The second-order valence-electron chi connectivity index (χ2n) is 5.83. The zero-order valence-electron chi connectivity index (χ0n) is 13.1. The van der Waals surface area contributed by atoms with E-state index in [0.717, 1.165) is 17.4 Å². The van der Waals surface area contributed by atoms with E-state index in [0.29, 0.717) is 12.0 Å². The maximum Gasteiger partial charge on any atom is 0.472 e. The molecular formula is C13H20N3O7P. The quantitative estimate of drug-likeness (QED) is 0.628. The molecule has 4 N–H and O–H groups in total. The molecule has 10 nitrogen and oxygen atoms in total. The van der Waals surface area contributed by atoms with Crippen molar-refractivity contribution in [2.45, 2.75) is 50.7 Å². The smallest absolute Gasteiger partial charge is 0.386 e. The number of aliphatic hydroxyl groups is 1. The third-order valence-corrected chi connectivity index (χ3v) is 5.09. The van der Waals surface area contributed by atoms with Crippen molar-refractivity contribution in [1.29, 1.82) is 0 Å². The number of aromatic nitrogens is 2. The van der Waals surface area contributed by atoms with E-state index in [1.165, 1.54) is 6.20 Å². The number of aryl methyl sites for hydroxylation is 1. The van der Waals surface area contributed by atoms with E-state index in [4.69, 9.17) is 15.0 Å². The molecule has 0 aromatic carbocycles. The summed E-state index contributed by atoms with van der Waals surface area (Å²) >= 11 is 0. The van der Waals surface area contributed by atoms with Crippen LogP contribution < -0.4 is 11.4 Å². The first-order valence-corrected chi connectivity index (χ1v) is 9.18. The molecule has 1 unspecified atom stereocenters. The first-order valence-electron chi connectivity index (χ1n) is 7.69. The fourth-order valence-electron chi connectivity index (χ4n) is 2.83. The maximum absolute atomic E-state index is 12.1. The number of nitrogens with zero attached hydrogens (tertiary/aromatic N) is 2. The number of aliphatic hydroxyl groups excluding tert-OH is 1. The van der Waals surface area contributed by atoms with Gasteiger partial charge in [0.25, 0.3) is 0 Å². The summed E-state index contributed by atoms with van der Waals surface area (Å²) in [4.78, 5) is 25.3. The maximum atomic E-state index is 12.1. The van der Waals surface area contributed by atoms with Crippen LogP contribution in [0.4, 0.5) is 5.82 Å². The zero-order chi connectivity index (χ0) is 17.5. The third-order valence-electron chi connectivity index (χ3n) is 4.10. The monoisotopic (exact) mass is 361 g/mol. The summed E-state index contributed by atoms with van der Waals surface area (Å²) in [7, 11) is -4.22. The van der Waals surface area contributed by atoms with Gasteiger partial charge in [0.1, 0.15) is 24.1 Å². The topological polar surface area (TPSA) is 146 Å². The molecule has 1 aromatic rings. The summed E-state index contributed by atoms with van der Waals surface area (Å²) in [5.74, 6) is 0.147. The van der Waals surface area contributed by atoms with Crippen LogP contribution in [-0.2, 0) is 24.8 Å². The van der Waals surface area contributed by atoms with Gasteiger partial charge >= 0.3 is 13.5 Å². The molecule has 3 rings (SSSR count). The number of ether oxygens (including phenoxy) is 1. The number of phosphoric ester groups is 1. The van der Waals surface area contributed by atoms with Crippen LogP contribution in [0.5, 0.6) is 0 Å². The number of hydrogen-bond donors (Lipinski definition) is 3. The molecule has 0 aliphatic carbocycles. The third kappa shape index (κ3) is 3.26. The molecule has 2 aliphatic heterocycles. The Hall–Kier alpha value is -1.29. The number of nitrogens with two attached hydrogens (primary N) is 1. The zero-order valence-corrected chi connectivity index (χ0v) is 14.0. The molecular weight excluding hydrogens is 341 g/mol. The summed E-state index contributed by atoms with van der Waals surface area (Å²) in [5.41, 5.74) is 5.77. The lowest BCUT2D eigenvalue weighted by Gasteiger charge is -2.27. The van der Waals surface area contributed by atoms with Gasteiger partial charge in [-0.2, -0.15) is 4.98 Å². The van der Waals surface area contributed by atoms with Gasteiger partial charge in [-0.25, -0.2) is 9.36 Å². The number of anilines is 1. The fraction of sp³-hybridized carbons (Fsp3) is 0.692. The van der Waals surface area contributed by atoms with Crippen molar-refractivity contribution in [3.63, 3.8) is 0 Å². The second kappa shape index (κ2) is 6.55. The number of hydrogen-bond acceptors (Lipinski definition) is 8. The lowest BCUT2D eigenvalue weighted by atomic mass is 10.1. The largest absolute Gasteiger partial charge is 0.472 e. The van der Waals surface area contributed by atoms with E-state index in [2.05, 4.69) is 9.51 Å². The Morgan fingerprint density at radius 2 is 2.29 bits per heavy atom. The van der Waals surface area contributed by atoms with Crippen molar-refractivity contribution >= 4 is 13.6 Å². The van der Waals surface area contributed by atoms with E-state index >= 15 is 0 Å². The molecule has 24 heavy (non-hydrogen) atoms. The minimum Gasteiger partial charge on any atom is -0.386 e. The number of fused-ring (bicyclic) bond motifs is 1. The van der Waals surface area contributed by atoms with Gasteiger partial charge < -0.3 is 20.5 Å². The van der Waals surface area contributed by atoms with Gasteiger partial charge in [-0.15, -0.1) is 0 Å². The van der Waals surface area contributed by atoms with Crippen molar-refractivity contribution in [2.24, 2.45) is 0 Å². The summed E-state index contributed by atoms with van der Waals surface area (Å²) in [6.45, 7) is 1.81. The Kier molecular flexibility index (Phi) is 4.78. The van der Waals surface area contributed by atoms with Crippen LogP contribution >= 0.6 is 7.82 Å². The molecule has 5 atom stereocenters. The predicted molar refractivity (Wildman–Crippen MR) is 82.1 cm³/mol. The highest BCUT2D eigenvalue weighted by atomic mass is 31.2. The molecule has 2 saturated heterocycles. The summed E-state index contributed by atoms with van der Waals surface area (Å²) in [6.07, 6.45) is -0.284. The number of phosphoric acid groups is 1. The predicted octanol–water partition coefficient (Wildman–Crippen LogP) is -0.0578. The number of nitrogen functional groups attached to an aromatic ring is 1. The first kappa shape index (κ1) is 17.5. The van der Waals surface area contributed by atoms with Crippen molar-refractivity contribution < 1.29 is 28.3 Å². The number of rotatable bonds is 4. The molecule has 0 spiro atoms. The van der Waals surface area contributed by atoms with Gasteiger partial charge in [0.2, 0.25) is 0 Å². The SMILES string of the molecule is CCCCc1cn([C@@H]2O[C@@H]3COP(=O)(O)O[C@H]3[C@H]2O)c(=O)nc1N. The van der Waals surface area contributed by atoms with Gasteiger partial charge in [-0.05, 0) is 12.8 Å². The van der Waals surface area contributed by atoms with Gasteiger partial charge in [-0.3, -0.25) is 13.6 Å². The fourth-order valence-corrected chi connectivity index (χ4v) is 3.79. The minimum atomic E-state index is -4.22. The molecule has 0 radical (unpaired) electrons. The Bertz CT molecular complexity index is 724. The highest BCUT2D eigenvalue weighted by Crippen LogP contribution is 2.52. The van der Waals surface area contributed by atoms with Crippen molar-refractivity contribution in [1.82, 2.24) is 9.55 Å². The van der Waals surface area contributed by atoms with Crippen molar-refractivity contribution in [3.8, 4) is 0 Å². The van der Waals surface area contributed by atoms with Gasteiger partial charge in [0.05, 0.1) is 6.61 Å². The lowest BCUT2D eigenvalue weighted by Crippen LogP contribution is -2.40. The van der Waals surface area contributed by atoms with Crippen LogP contribution in [0.1, 0.15) is 31.6 Å². The molecule has 0 saturated carbocycles. The molecule has 2 aliphatic rings. The average molecular weight is 361 g/mol. The van der Waals surface area contributed by atoms with E-state index in [1.54, 1.807) is 0 Å².